The minimum absolute atomic E-state index is 0. The quantitative estimate of drug-likeness (QED) is 0.0891. The molecule has 6 aromatic rings. The van der Waals surface area contributed by atoms with Crippen LogP contribution in [-0.4, -0.2) is 105 Å². The summed E-state index contributed by atoms with van der Waals surface area (Å²) in [7, 11) is 0.632. The maximum absolute atomic E-state index is 14.3. The lowest BCUT2D eigenvalue weighted by molar-refractivity contribution is -0.236. The van der Waals surface area contributed by atoms with E-state index in [1.807, 2.05) is 34.6 Å². The molecule has 0 aromatic carbocycles. The third-order valence-electron chi connectivity index (χ3n) is 9.86. The predicted molar refractivity (Wildman–Crippen MR) is 231 cm³/mol. The fraction of sp³-hybridized carbons (Fsp3) is 0.512. The molecule has 0 N–H and O–H groups in total. The number of nitrogens with zero attached hydrogens (tertiary/aromatic N) is 10. The van der Waals surface area contributed by atoms with Gasteiger partial charge in [0, 0.05) is 37.1 Å². The number of alkyl halides is 6. The van der Waals surface area contributed by atoms with Gasteiger partial charge in [0.1, 0.15) is 18.4 Å². The maximum Gasteiger partial charge on any atom is 0.496 e. The van der Waals surface area contributed by atoms with Crippen molar-refractivity contribution in [2.75, 3.05) is 13.7 Å². The van der Waals surface area contributed by atoms with Crippen LogP contribution >= 0.6 is 11.6 Å². The van der Waals surface area contributed by atoms with E-state index in [0.717, 1.165) is 39.8 Å². The zero-order valence-corrected chi connectivity index (χ0v) is 37.4. The lowest BCUT2D eigenvalue weighted by atomic mass is 9.80. The normalized spacial score (nSPS) is 14.6. The first-order valence-corrected chi connectivity index (χ1v) is 19.8. The van der Waals surface area contributed by atoms with Crippen LogP contribution in [0.15, 0.2) is 48.8 Å². The molecule has 1 aliphatic rings. The van der Waals surface area contributed by atoms with Gasteiger partial charge in [-0.25, -0.2) is 18.7 Å². The topological polar surface area (TPSA) is 167 Å². The molecular weight excluding hydrogens is 927 g/mol. The molecule has 1 saturated heterocycles. The highest BCUT2D eigenvalue weighted by molar-refractivity contribution is 6.62. The van der Waals surface area contributed by atoms with Crippen molar-refractivity contribution in [1.29, 1.82) is 0 Å². The van der Waals surface area contributed by atoms with Crippen LogP contribution in [0.25, 0.3) is 22.6 Å². The van der Waals surface area contributed by atoms with Gasteiger partial charge >= 0.3 is 19.5 Å². The van der Waals surface area contributed by atoms with Crippen molar-refractivity contribution in [1.82, 2.24) is 49.6 Å². The second-order valence-electron chi connectivity index (χ2n) is 16.1. The molecule has 7 heterocycles. The summed E-state index contributed by atoms with van der Waals surface area (Å²) in [5.74, 6) is -2.42. The number of halogens is 9. The fourth-order valence-electron chi connectivity index (χ4n) is 5.16. The van der Waals surface area contributed by atoms with Crippen LogP contribution in [0.1, 0.15) is 88.8 Å². The van der Waals surface area contributed by atoms with Crippen LogP contribution in [0.3, 0.4) is 0 Å². The van der Waals surface area contributed by atoms with Gasteiger partial charge in [-0.1, -0.05) is 26.5 Å². The number of fused-ring (bicyclic) bond motifs is 2. The highest BCUT2D eigenvalue weighted by Gasteiger charge is 2.53. The molecule has 0 atom stereocenters. The van der Waals surface area contributed by atoms with Crippen molar-refractivity contribution in [3.8, 4) is 23.0 Å². The summed E-state index contributed by atoms with van der Waals surface area (Å²) in [6, 6.07) is 8.63. The third kappa shape index (κ3) is 13.0. The molecular formula is C41H52BClF8N10O6. The van der Waals surface area contributed by atoms with E-state index in [1.54, 1.807) is 28.8 Å². The Bertz CT molecular complexity index is 2580. The first-order chi connectivity index (χ1) is 30.1. The molecule has 0 aliphatic carbocycles. The molecule has 0 amide bonds. The van der Waals surface area contributed by atoms with Crippen LogP contribution in [0.4, 0.5) is 35.1 Å². The molecule has 16 nitrogen and oxygen atoms in total. The zero-order chi connectivity index (χ0) is 48.3. The van der Waals surface area contributed by atoms with Crippen molar-refractivity contribution >= 4 is 35.5 Å². The van der Waals surface area contributed by atoms with E-state index in [4.69, 9.17) is 39.9 Å². The van der Waals surface area contributed by atoms with E-state index in [1.165, 1.54) is 24.0 Å². The number of hydrogen-bond donors (Lipinski definition) is 0. The van der Waals surface area contributed by atoms with Gasteiger partial charge in [-0.3, -0.25) is 0 Å². The summed E-state index contributed by atoms with van der Waals surface area (Å²) in [6.45, 7) is 13.6. The fourth-order valence-corrected chi connectivity index (χ4v) is 5.30. The maximum atomic E-state index is 14.3. The number of ether oxygens (including phenoxy) is 4. The monoisotopic (exact) mass is 978 g/mol. The van der Waals surface area contributed by atoms with E-state index < -0.39 is 65.3 Å². The average Bonchev–Trinajstić information content (AvgIpc) is 3.86. The molecule has 1 fully saturated rings. The van der Waals surface area contributed by atoms with Gasteiger partial charge in [-0.15, -0.1) is 20.4 Å². The first-order valence-electron chi connectivity index (χ1n) is 19.4. The summed E-state index contributed by atoms with van der Waals surface area (Å²) in [6.07, 6.45) is -6.98. The van der Waals surface area contributed by atoms with Crippen LogP contribution in [0.5, 0.6) is 11.8 Å². The Balaban J connectivity index is 0.000000274. The molecule has 67 heavy (non-hydrogen) atoms. The smallest absolute Gasteiger partial charge is 0.460 e. The van der Waals surface area contributed by atoms with E-state index in [9.17, 15) is 35.1 Å². The van der Waals surface area contributed by atoms with Crippen molar-refractivity contribution in [2.24, 2.45) is 0 Å². The Labute approximate surface area is 386 Å². The van der Waals surface area contributed by atoms with Gasteiger partial charge in [-0.05, 0) is 98.7 Å². The Morgan fingerprint density at radius 2 is 1.16 bits per heavy atom. The predicted octanol–water partition coefficient (Wildman–Crippen LogP) is 9.02. The first kappa shape index (κ1) is 56.0. The molecule has 7 rings (SSSR count). The molecule has 0 bridgehead atoms. The van der Waals surface area contributed by atoms with E-state index >= 15 is 0 Å². The largest absolute Gasteiger partial charge is 0.496 e. The van der Waals surface area contributed by atoms with Gasteiger partial charge in [0.25, 0.3) is 11.8 Å². The lowest BCUT2D eigenvalue weighted by Crippen LogP contribution is -2.45. The van der Waals surface area contributed by atoms with Crippen LogP contribution in [0, 0.1) is 11.6 Å². The standard InChI is InChI=1S/C16H15F4N5O2.C15H20BF4NO3.C8H9ClN4O.2CH4/c1-15(2,16(18,19)20)27-14-10(17)6-9(7-21-14)11-4-5-12-22-23-13(8-26-3)25(12)24-11;1-12(2)13(3,4)24-16(23-12)9-7-10(17)11(21-8-9)22-14(5,6)15(18,19)20;1-2-14-5-8-11-10-7-4-3-6(9)12-13(7)8;;/h4-7H,8H2,1-3H3;7-8H,1-6H3;3-4H,2,5H2,1H3;2*1H4. The van der Waals surface area contributed by atoms with Crippen molar-refractivity contribution in [2.45, 2.75) is 125 Å². The van der Waals surface area contributed by atoms with Crippen LogP contribution in [0.2, 0.25) is 5.15 Å². The van der Waals surface area contributed by atoms with Gasteiger partial charge < -0.3 is 28.3 Å². The van der Waals surface area contributed by atoms with Crippen LogP contribution in [-0.2, 0) is 32.0 Å². The molecule has 0 spiro atoms. The Hall–Kier alpha value is -5.37. The number of methoxy groups -OCH3 is 1. The average molecular weight is 979 g/mol. The number of hydrogen-bond acceptors (Lipinski definition) is 14. The SMILES string of the molecule is C.C.CC(C)(Oc1ncc(B2OC(C)(C)C(C)(C)O2)cc1F)C(F)(F)F.CCOCc1nnc2ccc(Cl)nn12.COCc1nnc2ccc(-c3cnc(OC(C)(C)C(F)(F)F)c(F)c3)nn12. The summed E-state index contributed by atoms with van der Waals surface area (Å²) < 4.78 is 140. The molecule has 0 unspecified atom stereocenters. The second kappa shape index (κ2) is 21.3. The highest BCUT2D eigenvalue weighted by Crippen LogP contribution is 2.38. The van der Waals surface area contributed by atoms with E-state index in [-0.39, 0.29) is 32.5 Å². The minimum atomic E-state index is -4.68. The lowest BCUT2D eigenvalue weighted by Gasteiger charge is -2.32. The summed E-state index contributed by atoms with van der Waals surface area (Å²) in [4.78, 5) is 7.34. The number of rotatable bonds is 11. The molecule has 1 aliphatic heterocycles. The van der Waals surface area contributed by atoms with Crippen molar-refractivity contribution < 1.29 is 63.4 Å². The van der Waals surface area contributed by atoms with Gasteiger partial charge in [0.2, 0.25) is 0 Å². The van der Waals surface area contributed by atoms with Gasteiger partial charge in [0.05, 0.1) is 16.9 Å². The summed E-state index contributed by atoms with van der Waals surface area (Å²) in [5, 5.41) is 24.5. The van der Waals surface area contributed by atoms with Gasteiger partial charge in [-0.2, -0.15) is 45.6 Å². The van der Waals surface area contributed by atoms with E-state index in [2.05, 4.69) is 40.6 Å². The molecule has 0 radical (unpaired) electrons. The Kier molecular flexibility index (Phi) is 17.8. The molecule has 6 aromatic heterocycles. The Morgan fingerprint density at radius 3 is 1.64 bits per heavy atom. The second-order valence-corrected chi connectivity index (χ2v) is 16.5. The zero-order valence-electron chi connectivity index (χ0n) is 36.6. The molecule has 0 saturated carbocycles. The van der Waals surface area contributed by atoms with Crippen molar-refractivity contribution in [3.63, 3.8) is 0 Å². The summed E-state index contributed by atoms with van der Waals surface area (Å²) in [5.41, 5.74) is -4.41. The van der Waals surface area contributed by atoms with E-state index in [0.29, 0.717) is 47.0 Å². The van der Waals surface area contributed by atoms with Gasteiger partial charge in [0.15, 0.2) is 45.8 Å². The Morgan fingerprint density at radius 1 is 0.687 bits per heavy atom. The number of pyridine rings is 2. The van der Waals surface area contributed by atoms with Crippen LogP contribution < -0.4 is 14.9 Å². The number of aromatic nitrogens is 10. The minimum Gasteiger partial charge on any atom is -0.460 e. The third-order valence-corrected chi connectivity index (χ3v) is 10.1. The van der Waals surface area contributed by atoms with Crippen molar-refractivity contribution in [3.05, 3.63) is 77.2 Å². The highest BCUT2D eigenvalue weighted by atomic mass is 35.5. The molecule has 368 valence electrons. The molecule has 26 heteroatoms. The summed E-state index contributed by atoms with van der Waals surface area (Å²) >= 11 is 5.75.